The maximum absolute atomic E-state index is 13.1. The summed E-state index contributed by atoms with van der Waals surface area (Å²) in [6.45, 7) is 9.07. The Bertz CT molecular complexity index is 812. The normalized spacial score (nSPS) is 25.4. The molecule has 0 saturated heterocycles. The fraction of sp³-hybridized carbons (Fsp3) is 0.591. The Kier molecular flexibility index (Phi) is 6.17. The molecule has 0 radical (unpaired) electrons. The molecule has 0 spiro atoms. The minimum Gasteiger partial charge on any atom is -0.508 e. The maximum Gasteiger partial charge on any atom is 0.310 e. The van der Waals surface area contributed by atoms with E-state index >= 15 is 0 Å². The Hall–Kier alpha value is -2.15. The lowest BCUT2D eigenvalue weighted by atomic mass is 9.55. The van der Waals surface area contributed by atoms with Crippen LogP contribution >= 0.6 is 0 Å². The zero-order chi connectivity index (χ0) is 21.3. The first-order valence-corrected chi connectivity index (χ1v) is 14.0. The standard InChI is InChI=1S/C22H30O6Si/c1-5-8-27-22(26)20-18-15-11-13(23)6-7-14(15)16(12-17(18)24)19(20)21(25)28-9-10-29(2,3)4/h6-7,11,16,18-20,23H,5,8-10,12H2,1-4H3/t16?,18-,19-,20+/m1/s1. The predicted molar refractivity (Wildman–Crippen MR) is 111 cm³/mol. The van der Waals surface area contributed by atoms with Crippen LogP contribution in [0.2, 0.25) is 25.7 Å². The van der Waals surface area contributed by atoms with Crippen molar-refractivity contribution in [2.24, 2.45) is 11.8 Å². The summed E-state index contributed by atoms with van der Waals surface area (Å²) < 4.78 is 11.0. The van der Waals surface area contributed by atoms with Gasteiger partial charge >= 0.3 is 11.9 Å². The Morgan fingerprint density at radius 3 is 2.38 bits per heavy atom. The minimum absolute atomic E-state index is 0.0408. The summed E-state index contributed by atoms with van der Waals surface area (Å²) >= 11 is 0. The molecule has 4 atom stereocenters. The van der Waals surface area contributed by atoms with E-state index in [0.29, 0.717) is 18.6 Å². The number of carbonyl (C=O) groups is 3. The Morgan fingerprint density at radius 1 is 1.07 bits per heavy atom. The quantitative estimate of drug-likeness (QED) is 0.537. The van der Waals surface area contributed by atoms with Crippen molar-refractivity contribution in [3.05, 3.63) is 29.3 Å². The molecular formula is C22H30O6Si. The van der Waals surface area contributed by atoms with E-state index in [4.69, 9.17) is 9.47 Å². The summed E-state index contributed by atoms with van der Waals surface area (Å²) in [4.78, 5) is 38.8. The summed E-state index contributed by atoms with van der Waals surface area (Å²) in [5.74, 6) is -3.85. The van der Waals surface area contributed by atoms with E-state index < -0.39 is 43.7 Å². The van der Waals surface area contributed by atoms with E-state index in [-0.39, 0.29) is 24.6 Å². The van der Waals surface area contributed by atoms with Gasteiger partial charge in [-0.1, -0.05) is 32.6 Å². The number of ether oxygens (including phenoxy) is 2. The van der Waals surface area contributed by atoms with Crippen molar-refractivity contribution in [3.8, 4) is 5.75 Å². The molecule has 4 rings (SSSR count). The van der Waals surface area contributed by atoms with Gasteiger partial charge in [-0.3, -0.25) is 14.4 Å². The molecule has 1 N–H and O–H groups in total. The average molecular weight is 419 g/mol. The number of phenolic OH excluding ortho intramolecular Hbond substituents is 1. The highest BCUT2D eigenvalue weighted by molar-refractivity contribution is 6.76. The van der Waals surface area contributed by atoms with Crippen LogP contribution < -0.4 is 0 Å². The lowest BCUT2D eigenvalue weighted by Gasteiger charge is -2.46. The van der Waals surface area contributed by atoms with Gasteiger partial charge in [0.1, 0.15) is 11.5 Å². The smallest absolute Gasteiger partial charge is 0.310 e. The second-order valence-corrected chi connectivity index (χ2v) is 14.9. The molecule has 2 bridgehead atoms. The van der Waals surface area contributed by atoms with Crippen LogP contribution in [0.25, 0.3) is 0 Å². The first-order valence-electron chi connectivity index (χ1n) is 10.3. The zero-order valence-corrected chi connectivity index (χ0v) is 18.6. The predicted octanol–water partition coefficient (Wildman–Crippen LogP) is 3.61. The van der Waals surface area contributed by atoms with Gasteiger partial charge < -0.3 is 14.6 Å². The number of hydrogen-bond acceptors (Lipinski definition) is 6. The molecule has 6 nitrogen and oxygen atoms in total. The molecule has 3 aliphatic carbocycles. The molecule has 3 aliphatic rings. The maximum atomic E-state index is 13.1. The molecule has 0 aromatic heterocycles. The summed E-state index contributed by atoms with van der Waals surface area (Å²) in [5, 5.41) is 9.92. The Labute approximate surface area is 172 Å². The molecule has 29 heavy (non-hydrogen) atoms. The van der Waals surface area contributed by atoms with E-state index in [2.05, 4.69) is 19.6 Å². The Morgan fingerprint density at radius 2 is 1.72 bits per heavy atom. The van der Waals surface area contributed by atoms with E-state index in [1.165, 1.54) is 6.07 Å². The number of benzene rings is 1. The first-order chi connectivity index (χ1) is 13.6. The summed E-state index contributed by atoms with van der Waals surface area (Å²) in [6.07, 6.45) is 0.858. The van der Waals surface area contributed by atoms with E-state index in [9.17, 15) is 19.5 Å². The number of esters is 2. The highest BCUT2D eigenvalue weighted by Gasteiger charge is 2.57. The molecule has 1 fully saturated rings. The number of phenols is 1. The fourth-order valence-electron chi connectivity index (χ4n) is 4.41. The van der Waals surface area contributed by atoms with Crippen molar-refractivity contribution in [2.45, 2.75) is 57.3 Å². The second-order valence-electron chi connectivity index (χ2n) is 9.27. The van der Waals surface area contributed by atoms with Gasteiger partial charge in [-0.15, -0.1) is 0 Å². The number of Topliss-reactive ketones (excluding diaryl/α,β-unsaturated/α-hetero) is 1. The third kappa shape index (κ3) is 4.39. The molecule has 158 valence electrons. The van der Waals surface area contributed by atoms with Crippen molar-refractivity contribution in [3.63, 3.8) is 0 Å². The van der Waals surface area contributed by atoms with Crippen molar-refractivity contribution in [2.75, 3.05) is 13.2 Å². The lowest BCUT2D eigenvalue weighted by Crippen LogP contribution is -2.50. The summed E-state index contributed by atoms with van der Waals surface area (Å²) in [7, 11) is -1.37. The largest absolute Gasteiger partial charge is 0.508 e. The Balaban J connectivity index is 1.94. The van der Waals surface area contributed by atoms with Crippen molar-refractivity contribution < 1.29 is 29.0 Å². The van der Waals surface area contributed by atoms with E-state index in [0.717, 1.165) is 11.6 Å². The van der Waals surface area contributed by atoms with Gasteiger partial charge in [0.2, 0.25) is 0 Å². The zero-order valence-electron chi connectivity index (χ0n) is 17.6. The number of fused-ring (bicyclic) bond motifs is 2. The average Bonchev–Trinajstić information content (AvgIpc) is 2.64. The van der Waals surface area contributed by atoms with Crippen LogP contribution in [0.5, 0.6) is 5.75 Å². The van der Waals surface area contributed by atoms with Crippen LogP contribution in [0.15, 0.2) is 18.2 Å². The topological polar surface area (TPSA) is 89.9 Å². The highest BCUT2D eigenvalue weighted by Crippen LogP contribution is 2.55. The van der Waals surface area contributed by atoms with Gasteiger partial charge in [0.25, 0.3) is 0 Å². The lowest BCUT2D eigenvalue weighted by molar-refractivity contribution is -0.167. The SMILES string of the molecule is CCCOC(=O)[C@@H]1[C@H](C(=O)OCC[Si](C)(C)C)C2CC(=O)[C@H]1c1cc(O)ccc12. The van der Waals surface area contributed by atoms with Crippen LogP contribution in [0, 0.1) is 11.8 Å². The van der Waals surface area contributed by atoms with Crippen LogP contribution in [0.4, 0.5) is 0 Å². The molecule has 0 heterocycles. The van der Waals surface area contributed by atoms with Crippen LogP contribution in [-0.2, 0) is 23.9 Å². The molecule has 1 aromatic carbocycles. The molecule has 7 heteroatoms. The van der Waals surface area contributed by atoms with Gasteiger partial charge in [0.05, 0.1) is 31.0 Å². The summed E-state index contributed by atoms with van der Waals surface area (Å²) in [5.41, 5.74) is 1.48. The van der Waals surface area contributed by atoms with Gasteiger partial charge in [-0.05, 0) is 35.7 Å². The van der Waals surface area contributed by atoms with Crippen molar-refractivity contribution in [1.29, 1.82) is 0 Å². The molecule has 1 unspecified atom stereocenters. The number of hydrogen-bond donors (Lipinski definition) is 1. The third-order valence-corrected chi connectivity index (χ3v) is 7.55. The summed E-state index contributed by atoms with van der Waals surface area (Å²) in [6, 6.07) is 5.69. The second kappa shape index (κ2) is 8.30. The molecule has 0 aliphatic heterocycles. The molecular weight excluding hydrogens is 388 g/mol. The van der Waals surface area contributed by atoms with E-state index in [1.54, 1.807) is 12.1 Å². The van der Waals surface area contributed by atoms with Crippen LogP contribution in [0.3, 0.4) is 0 Å². The van der Waals surface area contributed by atoms with Crippen molar-refractivity contribution >= 4 is 25.8 Å². The van der Waals surface area contributed by atoms with Gasteiger partial charge in [0.15, 0.2) is 0 Å². The molecule has 1 aromatic rings. The highest BCUT2D eigenvalue weighted by atomic mass is 28.3. The number of carbonyl (C=O) groups excluding carboxylic acids is 3. The minimum atomic E-state index is -1.37. The van der Waals surface area contributed by atoms with Gasteiger partial charge in [-0.25, -0.2) is 0 Å². The molecule has 1 saturated carbocycles. The third-order valence-electron chi connectivity index (χ3n) is 5.84. The molecule has 0 amide bonds. The van der Waals surface area contributed by atoms with E-state index in [1.807, 2.05) is 6.92 Å². The van der Waals surface area contributed by atoms with Crippen molar-refractivity contribution in [1.82, 2.24) is 0 Å². The van der Waals surface area contributed by atoms with Crippen LogP contribution in [0.1, 0.15) is 42.7 Å². The number of aromatic hydroxyl groups is 1. The monoisotopic (exact) mass is 418 g/mol. The fourth-order valence-corrected chi connectivity index (χ4v) is 5.13. The van der Waals surface area contributed by atoms with Gasteiger partial charge in [0, 0.05) is 20.4 Å². The number of ketones is 1. The first kappa shape index (κ1) is 21.6. The number of rotatable bonds is 7. The van der Waals surface area contributed by atoms with Crippen LogP contribution in [-0.4, -0.2) is 44.1 Å². The van der Waals surface area contributed by atoms with Gasteiger partial charge in [-0.2, -0.15) is 0 Å².